The van der Waals surface area contributed by atoms with Crippen LogP contribution in [0.3, 0.4) is 0 Å². The average molecular weight is 227 g/mol. The van der Waals surface area contributed by atoms with Gasteiger partial charge >= 0.3 is 5.97 Å². The van der Waals surface area contributed by atoms with E-state index in [1.807, 2.05) is 6.26 Å². The van der Waals surface area contributed by atoms with E-state index in [9.17, 15) is 9.59 Å². The topological polar surface area (TPSA) is 59.3 Å². The Morgan fingerprint density at radius 3 is 2.87 bits per heavy atom. The van der Waals surface area contributed by atoms with Gasteiger partial charge in [-0.3, -0.25) is 4.79 Å². The molecule has 0 aromatic carbocycles. The van der Waals surface area contributed by atoms with Gasteiger partial charge in [0, 0.05) is 12.6 Å². The van der Waals surface area contributed by atoms with Gasteiger partial charge in [-0.2, -0.15) is 11.8 Å². The monoisotopic (exact) mass is 227 g/mol. The molecule has 0 fully saturated rings. The third-order valence-corrected chi connectivity index (χ3v) is 2.70. The maximum Gasteiger partial charge on any atom is 0.352 e. The van der Waals surface area contributed by atoms with E-state index >= 15 is 0 Å². The lowest BCUT2D eigenvalue weighted by Crippen LogP contribution is -2.25. The Labute approximate surface area is 91.9 Å². The van der Waals surface area contributed by atoms with E-state index in [1.165, 1.54) is 22.8 Å². The largest absolute Gasteiger partial charge is 0.477 e. The van der Waals surface area contributed by atoms with Crippen molar-refractivity contribution in [3.05, 3.63) is 34.2 Å². The molecule has 0 atom stereocenters. The fourth-order valence-corrected chi connectivity index (χ4v) is 1.72. The zero-order chi connectivity index (χ0) is 11.3. The number of rotatable bonds is 5. The Morgan fingerprint density at radius 1 is 1.53 bits per heavy atom. The van der Waals surface area contributed by atoms with Crippen LogP contribution in [0.25, 0.3) is 0 Å². The van der Waals surface area contributed by atoms with Crippen LogP contribution in [0.5, 0.6) is 0 Å². The maximum absolute atomic E-state index is 11.4. The van der Waals surface area contributed by atoms with E-state index in [0.29, 0.717) is 6.54 Å². The summed E-state index contributed by atoms with van der Waals surface area (Å²) in [5.74, 6) is -0.141. The maximum atomic E-state index is 11.4. The van der Waals surface area contributed by atoms with E-state index in [0.717, 1.165) is 12.2 Å². The molecule has 0 bridgehead atoms. The van der Waals surface area contributed by atoms with Crippen molar-refractivity contribution in [2.45, 2.75) is 13.0 Å². The van der Waals surface area contributed by atoms with Crippen LogP contribution in [-0.2, 0) is 6.54 Å². The standard InChI is InChI=1S/C10H13NO3S/c1-15-7-3-6-11-8(10(13)14)4-2-5-9(11)12/h2,4-5H,3,6-7H2,1H3,(H,13,14). The second-order valence-electron chi connectivity index (χ2n) is 3.05. The third kappa shape index (κ3) is 3.13. The fraction of sp³-hybridized carbons (Fsp3) is 0.400. The molecule has 1 aromatic heterocycles. The number of thioether (sulfide) groups is 1. The molecule has 0 radical (unpaired) electrons. The molecule has 0 aliphatic heterocycles. The first-order valence-electron chi connectivity index (χ1n) is 4.59. The molecular weight excluding hydrogens is 214 g/mol. The van der Waals surface area contributed by atoms with Gasteiger partial charge in [-0.15, -0.1) is 0 Å². The SMILES string of the molecule is CSCCCn1c(C(=O)O)cccc1=O. The van der Waals surface area contributed by atoms with Crippen molar-refractivity contribution in [3.8, 4) is 0 Å². The van der Waals surface area contributed by atoms with Crippen LogP contribution in [-0.4, -0.2) is 27.7 Å². The summed E-state index contributed by atoms with van der Waals surface area (Å²) in [5.41, 5.74) is -0.195. The van der Waals surface area contributed by atoms with Crippen molar-refractivity contribution >= 4 is 17.7 Å². The molecule has 1 N–H and O–H groups in total. The van der Waals surface area contributed by atoms with Gasteiger partial charge in [0.15, 0.2) is 0 Å². The lowest BCUT2D eigenvalue weighted by atomic mass is 10.3. The minimum absolute atomic E-state index is 0.0589. The molecule has 82 valence electrons. The highest BCUT2D eigenvalue weighted by Crippen LogP contribution is 2.01. The number of carboxylic acids is 1. The van der Waals surface area contributed by atoms with Crippen LogP contribution in [0.1, 0.15) is 16.9 Å². The highest BCUT2D eigenvalue weighted by Gasteiger charge is 2.09. The predicted molar refractivity (Wildman–Crippen MR) is 60.7 cm³/mol. The van der Waals surface area contributed by atoms with Crippen molar-refractivity contribution in [2.75, 3.05) is 12.0 Å². The summed E-state index contributed by atoms with van der Waals surface area (Å²) in [6.07, 6.45) is 2.78. The predicted octanol–water partition coefficient (Wildman–Crippen LogP) is 1.30. The fourth-order valence-electron chi connectivity index (χ4n) is 1.30. The molecular formula is C10H13NO3S. The van der Waals surface area contributed by atoms with Crippen LogP contribution in [0.2, 0.25) is 0 Å². The quantitative estimate of drug-likeness (QED) is 0.770. The zero-order valence-corrected chi connectivity index (χ0v) is 9.29. The Balaban J connectivity index is 2.93. The third-order valence-electron chi connectivity index (χ3n) is 2.00. The molecule has 0 aliphatic carbocycles. The van der Waals surface area contributed by atoms with E-state index < -0.39 is 5.97 Å². The second-order valence-corrected chi connectivity index (χ2v) is 4.04. The van der Waals surface area contributed by atoms with Gasteiger partial charge in [-0.25, -0.2) is 4.79 Å². The van der Waals surface area contributed by atoms with Gasteiger partial charge in [0.1, 0.15) is 5.69 Å². The van der Waals surface area contributed by atoms with E-state index in [-0.39, 0.29) is 11.3 Å². The van der Waals surface area contributed by atoms with Crippen molar-refractivity contribution in [3.63, 3.8) is 0 Å². The van der Waals surface area contributed by atoms with Gasteiger partial charge < -0.3 is 9.67 Å². The Bertz CT molecular complexity index is 400. The van der Waals surface area contributed by atoms with Crippen LogP contribution in [0, 0.1) is 0 Å². The Kier molecular flexibility index (Phi) is 4.42. The molecule has 0 amide bonds. The summed E-state index contributed by atoms with van der Waals surface area (Å²) in [7, 11) is 0. The molecule has 0 saturated carbocycles. The van der Waals surface area contributed by atoms with E-state index in [4.69, 9.17) is 5.11 Å². The minimum atomic E-state index is -1.06. The van der Waals surface area contributed by atoms with Crippen molar-refractivity contribution in [1.29, 1.82) is 0 Å². The average Bonchev–Trinajstić information content (AvgIpc) is 2.20. The molecule has 0 saturated heterocycles. The molecule has 0 unspecified atom stereocenters. The van der Waals surface area contributed by atoms with Gasteiger partial charge in [-0.05, 0) is 24.5 Å². The normalized spacial score (nSPS) is 10.2. The highest BCUT2D eigenvalue weighted by atomic mass is 32.2. The molecule has 4 nitrogen and oxygen atoms in total. The van der Waals surface area contributed by atoms with Gasteiger partial charge in [0.2, 0.25) is 0 Å². The number of carbonyl (C=O) groups is 1. The van der Waals surface area contributed by atoms with E-state index in [2.05, 4.69) is 0 Å². The highest BCUT2D eigenvalue weighted by molar-refractivity contribution is 7.98. The summed E-state index contributed by atoms with van der Waals surface area (Å²) in [4.78, 5) is 22.3. The van der Waals surface area contributed by atoms with Gasteiger partial charge in [-0.1, -0.05) is 6.07 Å². The Hall–Kier alpha value is -1.23. The number of aromatic carboxylic acids is 1. The smallest absolute Gasteiger partial charge is 0.352 e. The summed E-state index contributed by atoms with van der Waals surface area (Å²) in [6, 6.07) is 4.30. The van der Waals surface area contributed by atoms with Crippen LogP contribution >= 0.6 is 11.8 Å². The van der Waals surface area contributed by atoms with Crippen LogP contribution < -0.4 is 5.56 Å². The number of nitrogens with zero attached hydrogens (tertiary/aromatic N) is 1. The number of hydrogen-bond donors (Lipinski definition) is 1. The number of hydrogen-bond acceptors (Lipinski definition) is 3. The molecule has 1 heterocycles. The number of carboxylic acid groups (broad SMARTS) is 1. The summed E-state index contributed by atoms with van der Waals surface area (Å²) in [5, 5.41) is 8.88. The number of aromatic nitrogens is 1. The lowest BCUT2D eigenvalue weighted by molar-refractivity contribution is 0.0683. The van der Waals surface area contributed by atoms with Crippen molar-refractivity contribution < 1.29 is 9.90 Å². The first kappa shape index (κ1) is 11.8. The lowest BCUT2D eigenvalue weighted by Gasteiger charge is -2.08. The molecule has 5 heteroatoms. The molecule has 1 rings (SSSR count). The van der Waals surface area contributed by atoms with Crippen LogP contribution in [0.4, 0.5) is 0 Å². The molecule has 15 heavy (non-hydrogen) atoms. The summed E-state index contributed by atoms with van der Waals surface area (Å²) < 4.78 is 1.30. The zero-order valence-electron chi connectivity index (χ0n) is 8.47. The summed E-state index contributed by atoms with van der Waals surface area (Å²) >= 11 is 1.68. The van der Waals surface area contributed by atoms with Gasteiger partial charge in [0.05, 0.1) is 0 Å². The van der Waals surface area contributed by atoms with Crippen molar-refractivity contribution in [1.82, 2.24) is 4.57 Å². The van der Waals surface area contributed by atoms with Crippen LogP contribution in [0.15, 0.2) is 23.0 Å². The van der Waals surface area contributed by atoms with Gasteiger partial charge in [0.25, 0.3) is 5.56 Å². The van der Waals surface area contributed by atoms with Crippen molar-refractivity contribution in [2.24, 2.45) is 0 Å². The molecule has 1 aromatic rings. The Morgan fingerprint density at radius 2 is 2.27 bits per heavy atom. The molecule has 0 spiro atoms. The summed E-state index contributed by atoms with van der Waals surface area (Å²) in [6.45, 7) is 0.460. The second kappa shape index (κ2) is 5.60. The molecule has 0 aliphatic rings. The minimum Gasteiger partial charge on any atom is -0.477 e. The first-order chi connectivity index (χ1) is 7.16. The number of pyridine rings is 1. The van der Waals surface area contributed by atoms with E-state index in [1.54, 1.807) is 11.8 Å². The first-order valence-corrected chi connectivity index (χ1v) is 5.98.